The summed E-state index contributed by atoms with van der Waals surface area (Å²) in [6.45, 7) is 0.901. The topological polar surface area (TPSA) is 128 Å². The van der Waals surface area contributed by atoms with Crippen LogP contribution < -0.4 is 5.48 Å². The zero-order chi connectivity index (χ0) is 18.5. The summed E-state index contributed by atoms with van der Waals surface area (Å²) >= 11 is 0. The Morgan fingerprint density at radius 2 is 1.64 bits per heavy atom. The summed E-state index contributed by atoms with van der Waals surface area (Å²) in [5.41, 5.74) is 1.93. The number of nitrogens with zero attached hydrogens (tertiary/aromatic N) is 1. The Morgan fingerprint density at radius 1 is 1.00 bits per heavy atom. The standard InChI is InChI=1S/C15H20N2O8/c18-7-1-2-12(19)16-25-15(22)5-8-23-10-11-24-9-6-17-13(20)3-4-14(17)21/h3-4,7H,1-2,5-6,8-11H2,(H,16,19). The number of amides is 3. The lowest BCUT2D eigenvalue weighted by molar-refractivity contribution is -0.159. The van der Waals surface area contributed by atoms with Gasteiger partial charge in [-0.2, -0.15) is 5.48 Å². The van der Waals surface area contributed by atoms with E-state index in [1.807, 2.05) is 5.48 Å². The molecule has 0 bridgehead atoms. The third-order valence-electron chi connectivity index (χ3n) is 2.95. The third-order valence-corrected chi connectivity index (χ3v) is 2.95. The molecule has 0 saturated heterocycles. The molecule has 1 aliphatic rings. The smallest absolute Gasteiger partial charge is 0.334 e. The zero-order valence-corrected chi connectivity index (χ0v) is 13.6. The molecule has 10 heteroatoms. The molecule has 0 saturated carbocycles. The monoisotopic (exact) mass is 356 g/mol. The zero-order valence-electron chi connectivity index (χ0n) is 13.6. The van der Waals surface area contributed by atoms with Crippen LogP contribution in [0.4, 0.5) is 0 Å². The van der Waals surface area contributed by atoms with Gasteiger partial charge in [-0.1, -0.05) is 0 Å². The quantitative estimate of drug-likeness (QED) is 0.202. The number of carbonyl (C=O) groups excluding carboxylic acids is 5. The molecule has 0 aromatic heterocycles. The molecule has 0 aromatic rings. The molecular weight excluding hydrogens is 336 g/mol. The van der Waals surface area contributed by atoms with Crippen molar-refractivity contribution in [2.24, 2.45) is 0 Å². The van der Waals surface area contributed by atoms with Crippen molar-refractivity contribution in [2.75, 3.05) is 33.0 Å². The van der Waals surface area contributed by atoms with E-state index in [4.69, 9.17) is 9.47 Å². The summed E-state index contributed by atoms with van der Waals surface area (Å²) in [5, 5.41) is 0. The van der Waals surface area contributed by atoms with Gasteiger partial charge >= 0.3 is 5.97 Å². The van der Waals surface area contributed by atoms with Crippen LogP contribution in [0.3, 0.4) is 0 Å². The average Bonchev–Trinajstić information content (AvgIpc) is 2.92. The first-order chi connectivity index (χ1) is 12.0. The Bertz CT molecular complexity index is 514. The molecule has 0 aromatic carbocycles. The summed E-state index contributed by atoms with van der Waals surface area (Å²) < 4.78 is 10.4. The van der Waals surface area contributed by atoms with Gasteiger partial charge in [0.05, 0.1) is 39.4 Å². The van der Waals surface area contributed by atoms with Crippen molar-refractivity contribution >= 4 is 30.0 Å². The van der Waals surface area contributed by atoms with Crippen molar-refractivity contribution in [3.63, 3.8) is 0 Å². The van der Waals surface area contributed by atoms with Crippen molar-refractivity contribution < 1.29 is 38.3 Å². The van der Waals surface area contributed by atoms with Gasteiger partial charge in [-0.15, -0.1) is 0 Å². The van der Waals surface area contributed by atoms with Gasteiger partial charge in [0.1, 0.15) is 6.29 Å². The largest absolute Gasteiger partial charge is 0.378 e. The van der Waals surface area contributed by atoms with Crippen LogP contribution in [-0.2, 0) is 38.3 Å². The maximum atomic E-state index is 11.3. The summed E-state index contributed by atoms with van der Waals surface area (Å²) in [4.78, 5) is 60.5. The van der Waals surface area contributed by atoms with Crippen molar-refractivity contribution in [3.05, 3.63) is 12.2 Å². The van der Waals surface area contributed by atoms with Crippen LogP contribution in [-0.4, -0.2) is 67.8 Å². The van der Waals surface area contributed by atoms with Crippen molar-refractivity contribution in [3.8, 4) is 0 Å². The molecule has 1 rings (SSSR count). The number of aldehydes is 1. The molecular formula is C15H20N2O8. The summed E-state index contributed by atoms with van der Waals surface area (Å²) in [6.07, 6.45) is 2.95. The van der Waals surface area contributed by atoms with E-state index >= 15 is 0 Å². The number of carbonyl (C=O) groups is 5. The van der Waals surface area contributed by atoms with E-state index in [0.29, 0.717) is 6.29 Å². The van der Waals surface area contributed by atoms with Gasteiger partial charge in [0, 0.05) is 25.0 Å². The fourth-order valence-electron chi connectivity index (χ4n) is 1.69. The first-order valence-corrected chi connectivity index (χ1v) is 7.65. The van der Waals surface area contributed by atoms with Crippen LogP contribution >= 0.6 is 0 Å². The lowest BCUT2D eigenvalue weighted by Gasteiger charge is -2.13. The first-order valence-electron chi connectivity index (χ1n) is 7.65. The van der Waals surface area contributed by atoms with Crippen molar-refractivity contribution in [1.29, 1.82) is 0 Å². The summed E-state index contributed by atoms with van der Waals surface area (Å²) in [5.74, 6) is -1.94. The van der Waals surface area contributed by atoms with E-state index in [1.165, 1.54) is 12.2 Å². The summed E-state index contributed by atoms with van der Waals surface area (Å²) in [7, 11) is 0. The minimum Gasteiger partial charge on any atom is -0.378 e. The van der Waals surface area contributed by atoms with E-state index in [0.717, 1.165) is 4.90 Å². The van der Waals surface area contributed by atoms with Crippen LogP contribution in [0, 0.1) is 0 Å². The number of hydroxylamine groups is 1. The molecule has 0 atom stereocenters. The van der Waals surface area contributed by atoms with E-state index in [1.54, 1.807) is 0 Å². The van der Waals surface area contributed by atoms with Gasteiger partial charge in [-0.05, 0) is 0 Å². The van der Waals surface area contributed by atoms with Crippen LogP contribution in [0.1, 0.15) is 19.3 Å². The highest BCUT2D eigenvalue weighted by atomic mass is 16.7. The van der Waals surface area contributed by atoms with Crippen LogP contribution in [0.15, 0.2) is 12.2 Å². The van der Waals surface area contributed by atoms with E-state index < -0.39 is 11.9 Å². The second kappa shape index (κ2) is 11.9. The van der Waals surface area contributed by atoms with Gasteiger partial charge in [-0.25, -0.2) is 4.79 Å². The number of ether oxygens (including phenoxy) is 2. The fourth-order valence-corrected chi connectivity index (χ4v) is 1.69. The predicted molar refractivity (Wildman–Crippen MR) is 81.6 cm³/mol. The Labute approximate surface area is 144 Å². The van der Waals surface area contributed by atoms with Crippen molar-refractivity contribution in [1.82, 2.24) is 10.4 Å². The van der Waals surface area contributed by atoms with E-state index in [2.05, 4.69) is 4.84 Å². The van der Waals surface area contributed by atoms with Crippen LogP contribution in [0.5, 0.6) is 0 Å². The highest BCUT2D eigenvalue weighted by Gasteiger charge is 2.22. The Morgan fingerprint density at radius 3 is 2.28 bits per heavy atom. The fraction of sp³-hybridized carbons (Fsp3) is 0.533. The lowest BCUT2D eigenvalue weighted by atomic mass is 10.3. The normalized spacial score (nSPS) is 13.2. The number of hydrogen-bond acceptors (Lipinski definition) is 8. The minimum atomic E-state index is -0.668. The number of hydrogen-bond donors (Lipinski definition) is 1. The Hall–Kier alpha value is -2.59. The Kier molecular flexibility index (Phi) is 9.71. The molecule has 0 unspecified atom stereocenters. The second-order valence-corrected chi connectivity index (χ2v) is 4.84. The highest BCUT2D eigenvalue weighted by molar-refractivity contribution is 6.12. The van der Waals surface area contributed by atoms with E-state index in [9.17, 15) is 24.0 Å². The SMILES string of the molecule is O=CCCC(=O)NOC(=O)CCOCCOCCN1C(=O)C=CC1=O. The molecule has 0 radical (unpaired) electrons. The number of rotatable bonds is 12. The van der Waals surface area contributed by atoms with Gasteiger partial charge < -0.3 is 19.1 Å². The van der Waals surface area contributed by atoms with Crippen LogP contribution in [0.2, 0.25) is 0 Å². The molecule has 138 valence electrons. The van der Waals surface area contributed by atoms with Gasteiger partial charge in [-0.3, -0.25) is 19.3 Å². The van der Waals surface area contributed by atoms with Gasteiger partial charge in [0.2, 0.25) is 0 Å². The maximum absolute atomic E-state index is 11.3. The Balaban J connectivity index is 1.92. The molecule has 3 amide bonds. The first kappa shape index (κ1) is 20.5. The van der Waals surface area contributed by atoms with Crippen LogP contribution in [0.25, 0.3) is 0 Å². The second-order valence-electron chi connectivity index (χ2n) is 4.84. The molecule has 1 N–H and O–H groups in total. The molecule has 0 fully saturated rings. The molecule has 10 nitrogen and oxygen atoms in total. The average molecular weight is 356 g/mol. The minimum absolute atomic E-state index is 0.0463. The maximum Gasteiger partial charge on any atom is 0.334 e. The van der Waals surface area contributed by atoms with Gasteiger partial charge in [0.25, 0.3) is 17.7 Å². The van der Waals surface area contributed by atoms with E-state index in [-0.39, 0.29) is 64.0 Å². The molecule has 25 heavy (non-hydrogen) atoms. The number of imide groups is 1. The highest BCUT2D eigenvalue weighted by Crippen LogP contribution is 2.02. The van der Waals surface area contributed by atoms with Gasteiger partial charge in [0.15, 0.2) is 0 Å². The van der Waals surface area contributed by atoms with Crippen molar-refractivity contribution in [2.45, 2.75) is 19.3 Å². The predicted octanol–water partition coefficient (Wildman–Crippen LogP) is -1.11. The molecule has 0 spiro atoms. The molecule has 1 heterocycles. The molecule has 0 aliphatic carbocycles. The molecule has 1 aliphatic heterocycles. The number of nitrogens with one attached hydrogen (secondary N) is 1. The summed E-state index contributed by atoms with van der Waals surface area (Å²) in [6, 6.07) is 0. The lowest BCUT2D eigenvalue weighted by Crippen LogP contribution is -2.33. The third kappa shape index (κ3) is 8.72.